The van der Waals surface area contributed by atoms with Crippen molar-refractivity contribution in [3.8, 4) is 17.5 Å². The number of carbonyl (C=O) groups is 1. The van der Waals surface area contributed by atoms with Gasteiger partial charge in [0.05, 0.1) is 59.1 Å². The monoisotopic (exact) mass is 546 g/mol. The van der Waals surface area contributed by atoms with Gasteiger partial charge < -0.3 is 15.7 Å². The van der Waals surface area contributed by atoms with Crippen molar-refractivity contribution in [2.75, 3.05) is 11.9 Å². The third-order valence-electron chi connectivity index (χ3n) is 7.22. The van der Waals surface area contributed by atoms with Gasteiger partial charge in [0.25, 0.3) is 5.91 Å². The van der Waals surface area contributed by atoms with E-state index in [2.05, 4.69) is 42.2 Å². The Bertz CT molecular complexity index is 1560. The summed E-state index contributed by atoms with van der Waals surface area (Å²) in [6, 6.07) is 9.39. The summed E-state index contributed by atoms with van der Waals surface area (Å²) < 4.78 is 16.0. The number of nitrogens with zero attached hydrogens (tertiary/aromatic N) is 8. The minimum absolute atomic E-state index is 0.0837. The third-order valence-corrected chi connectivity index (χ3v) is 7.22. The zero-order chi connectivity index (χ0) is 28.4. The van der Waals surface area contributed by atoms with Gasteiger partial charge in [-0.15, -0.1) is 10.2 Å². The second-order valence-electron chi connectivity index (χ2n) is 10.7. The number of tetrazole rings is 1. The highest BCUT2D eigenvalue weighted by Crippen LogP contribution is 2.33. The fraction of sp³-hybridized carbons (Fsp3) is 0.444. The number of amides is 1. The maximum Gasteiger partial charge on any atom is 0.255 e. The van der Waals surface area contributed by atoms with E-state index < -0.39 is 17.7 Å². The van der Waals surface area contributed by atoms with Gasteiger partial charge >= 0.3 is 0 Å². The highest BCUT2D eigenvalue weighted by Gasteiger charge is 2.29. The molecule has 3 N–H and O–H groups in total. The molecule has 0 aromatic carbocycles. The summed E-state index contributed by atoms with van der Waals surface area (Å²) in [5, 5.41) is 42.0. The second kappa shape index (κ2) is 11.0. The lowest BCUT2D eigenvalue weighted by Crippen LogP contribution is -2.42. The lowest BCUT2D eigenvalue weighted by atomic mass is 9.85. The molecule has 1 fully saturated rings. The van der Waals surface area contributed by atoms with Gasteiger partial charge in [-0.05, 0) is 69.0 Å². The van der Waals surface area contributed by atoms with E-state index in [9.17, 15) is 19.6 Å². The normalized spacial score (nSPS) is 18.3. The number of rotatable bonds is 8. The molecule has 1 aliphatic rings. The van der Waals surface area contributed by atoms with Crippen molar-refractivity contribution in [1.29, 1.82) is 5.26 Å². The number of pyridine rings is 1. The number of hydrogen-bond donors (Lipinski definition) is 3. The maximum absolute atomic E-state index is 14.3. The lowest BCUT2D eigenvalue weighted by Gasteiger charge is -2.29. The summed E-state index contributed by atoms with van der Waals surface area (Å²) in [5.74, 6) is 0.469. The summed E-state index contributed by atoms with van der Waals surface area (Å²) >= 11 is 0. The number of alkyl halides is 1. The van der Waals surface area contributed by atoms with Crippen LogP contribution in [0.25, 0.3) is 16.9 Å². The minimum atomic E-state index is -1.64. The van der Waals surface area contributed by atoms with Crippen LogP contribution in [0.5, 0.6) is 0 Å². The zero-order valence-electron chi connectivity index (χ0n) is 22.5. The molecule has 5 rings (SSSR count). The van der Waals surface area contributed by atoms with E-state index in [-0.39, 0.29) is 24.1 Å². The summed E-state index contributed by atoms with van der Waals surface area (Å²) in [4.78, 5) is 19.1. The van der Waals surface area contributed by atoms with E-state index in [4.69, 9.17) is 0 Å². The number of aliphatic hydroxyl groups is 1. The van der Waals surface area contributed by atoms with Crippen LogP contribution in [0.4, 0.5) is 10.1 Å². The molecular weight excluding hydrogens is 515 g/mol. The number of aryl methyl sites for hydroxylation is 1. The standard InChI is InChI=1S/C27H31FN10O2/c1-27(2,40)24(28)15-31-26(39)20-14-30-22(23-9-8-19-10-16(12-29)13-32-38(19)23)11-21(20)33-18-6-4-17(5-7-18)25-34-36-37(3)35-25/h8-11,13-14,17-18,24,40H,4-7,15H2,1-3H3,(H,30,33)(H,31,39)/t17?,18?,24-/m1/s1. The summed E-state index contributed by atoms with van der Waals surface area (Å²) in [6.07, 6.45) is 4.71. The van der Waals surface area contributed by atoms with E-state index in [1.54, 1.807) is 23.7 Å². The molecule has 0 spiro atoms. The summed E-state index contributed by atoms with van der Waals surface area (Å²) in [5.41, 5.74) is 1.71. The number of carbonyl (C=O) groups excluding carboxylic acids is 1. The largest absolute Gasteiger partial charge is 0.387 e. The van der Waals surface area contributed by atoms with E-state index in [0.717, 1.165) is 37.0 Å². The Balaban J connectivity index is 1.40. The molecule has 1 saturated carbocycles. The molecule has 208 valence electrons. The predicted octanol–water partition coefficient (Wildman–Crippen LogP) is 2.77. The maximum atomic E-state index is 14.3. The average molecular weight is 547 g/mol. The molecule has 1 aliphatic carbocycles. The fourth-order valence-corrected chi connectivity index (χ4v) is 4.86. The molecule has 12 nitrogen and oxygen atoms in total. The third kappa shape index (κ3) is 5.76. The van der Waals surface area contributed by atoms with Crippen molar-refractivity contribution in [2.45, 2.75) is 63.3 Å². The van der Waals surface area contributed by atoms with Crippen molar-refractivity contribution < 1.29 is 14.3 Å². The average Bonchev–Trinajstić information content (AvgIpc) is 3.57. The van der Waals surface area contributed by atoms with E-state index in [1.165, 1.54) is 31.0 Å². The summed E-state index contributed by atoms with van der Waals surface area (Å²) in [7, 11) is 1.75. The van der Waals surface area contributed by atoms with Crippen molar-refractivity contribution in [3.05, 3.63) is 53.6 Å². The molecule has 0 aliphatic heterocycles. The molecule has 0 radical (unpaired) electrons. The Morgan fingerprint density at radius 1 is 1.25 bits per heavy atom. The Kier molecular flexibility index (Phi) is 7.44. The molecule has 0 saturated heterocycles. The van der Waals surface area contributed by atoms with Crippen molar-refractivity contribution >= 4 is 17.1 Å². The first kappa shape index (κ1) is 27.1. The number of nitriles is 1. The van der Waals surface area contributed by atoms with Gasteiger partial charge in [0, 0.05) is 18.2 Å². The Hall–Kier alpha value is -4.44. The summed E-state index contributed by atoms with van der Waals surface area (Å²) in [6.45, 7) is 2.37. The van der Waals surface area contributed by atoms with E-state index in [0.29, 0.717) is 22.6 Å². The quantitative estimate of drug-likeness (QED) is 0.302. The Labute approximate surface area is 230 Å². The first-order valence-electron chi connectivity index (χ1n) is 13.2. The van der Waals surface area contributed by atoms with Gasteiger partial charge in [-0.3, -0.25) is 9.78 Å². The topological polar surface area (TPSA) is 159 Å². The fourth-order valence-electron chi connectivity index (χ4n) is 4.86. The van der Waals surface area contributed by atoms with Gasteiger partial charge in [-0.1, -0.05) is 0 Å². The van der Waals surface area contributed by atoms with E-state index in [1.807, 2.05) is 12.1 Å². The zero-order valence-corrected chi connectivity index (χ0v) is 22.5. The molecule has 0 unspecified atom stereocenters. The molecule has 4 aromatic rings. The first-order chi connectivity index (χ1) is 19.1. The minimum Gasteiger partial charge on any atom is -0.387 e. The van der Waals surface area contributed by atoms with Crippen LogP contribution in [0.2, 0.25) is 0 Å². The molecule has 4 aromatic heterocycles. The molecular formula is C27H31FN10O2. The number of anilines is 1. The van der Waals surface area contributed by atoms with Crippen LogP contribution in [0.1, 0.15) is 67.2 Å². The highest BCUT2D eigenvalue weighted by atomic mass is 19.1. The van der Waals surface area contributed by atoms with Crippen molar-refractivity contribution in [3.63, 3.8) is 0 Å². The molecule has 4 heterocycles. The van der Waals surface area contributed by atoms with Gasteiger partial charge in [-0.25, -0.2) is 8.91 Å². The van der Waals surface area contributed by atoms with Crippen LogP contribution >= 0.6 is 0 Å². The van der Waals surface area contributed by atoms with Crippen LogP contribution in [-0.2, 0) is 7.05 Å². The molecule has 1 amide bonds. The highest BCUT2D eigenvalue weighted by molar-refractivity contribution is 6.00. The smallest absolute Gasteiger partial charge is 0.255 e. The number of halogens is 1. The van der Waals surface area contributed by atoms with E-state index >= 15 is 0 Å². The van der Waals surface area contributed by atoms with Crippen LogP contribution in [0.3, 0.4) is 0 Å². The molecule has 0 bridgehead atoms. The van der Waals surface area contributed by atoms with Crippen LogP contribution < -0.4 is 10.6 Å². The van der Waals surface area contributed by atoms with Gasteiger partial charge in [-0.2, -0.15) is 15.2 Å². The Morgan fingerprint density at radius 3 is 2.70 bits per heavy atom. The SMILES string of the molecule is Cn1nnc(C2CCC(Nc3cc(-c4ccc5cc(C#N)cnn45)ncc3C(=O)NC[C@@H](F)C(C)(C)O)CC2)n1. The second-order valence-corrected chi connectivity index (χ2v) is 10.7. The van der Waals surface area contributed by atoms with Crippen LogP contribution in [0, 0.1) is 11.3 Å². The van der Waals surface area contributed by atoms with Crippen molar-refractivity contribution in [1.82, 2.24) is 40.1 Å². The predicted molar refractivity (Wildman–Crippen MR) is 144 cm³/mol. The van der Waals surface area contributed by atoms with Gasteiger partial charge in [0.2, 0.25) is 0 Å². The number of fused-ring (bicyclic) bond motifs is 1. The van der Waals surface area contributed by atoms with Crippen LogP contribution in [-0.4, -0.2) is 70.2 Å². The van der Waals surface area contributed by atoms with Gasteiger partial charge in [0.15, 0.2) is 5.82 Å². The Morgan fingerprint density at radius 2 is 2.02 bits per heavy atom. The van der Waals surface area contributed by atoms with Crippen molar-refractivity contribution in [2.24, 2.45) is 7.05 Å². The van der Waals surface area contributed by atoms with Crippen LogP contribution in [0.15, 0.2) is 36.7 Å². The molecule has 40 heavy (non-hydrogen) atoms. The molecule has 1 atom stereocenters. The number of nitrogens with one attached hydrogen (secondary N) is 2. The first-order valence-corrected chi connectivity index (χ1v) is 13.2. The molecule has 13 heteroatoms. The number of hydrogen-bond acceptors (Lipinski definition) is 9. The lowest BCUT2D eigenvalue weighted by molar-refractivity contribution is -0.00177. The number of aromatic nitrogens is 7. The van der Waals surface area contributed by atoms with Gasteiger partial charge in [0.1, 0.15) is 12.2 Å².